The number of aromatic amines is 1. The van der Waals surface area contributed by atoms with Crippen LogP contribution in [0.2, 0.25) is 0 Å². The molecule has 6 nitrogen and oxygen atoms in total. The Balaban J connectivity index is 1.46. The van der Waals surface area contributed by atoms with Crippen LogP contribution in [-0.4, -0.2) is 19.7 Å². The number of aryl methyl sites for hydroxylation is 1. The molecule has 28 heavy (non-hydrogen) atoms. The number of ether oxygens (including phenoxy) is 1. The van der Waals surface area contributed by atoms with Crippen LogP contribution in [0.4, 0.5) is 0 Å². The first-order valence-electron chi connectivity index (χ1n) is 8.91. The molecule has 0 amide bonds. The van der Waals surface area contributed by atoms with Gasteiger partial charge in [0.1, 0.15) is 12.4 Å². The summed E-state index contributed by atoms with van der Waals surface area (Å²) in [7, 11) is 1.92. The Morgan fingerprint density at radius 2 is 1.89 bits per heavy atom. The minimum absolute atomic E-state index is 0.0977. The van der Waals surface area contributed by atoms with E-state index >= 15 is 0 Å². The lowest BCUT2D eigenvalue weighted by Crippen LogP contribution is -2.06. The lowest BCUT2D eigenvalue weighted by Gasteiger charge is -2.08. The van der Waals surface area contributed by atoms with Gasteiger partial charge in [0.2, 0.25) is 5.56 Å². The zero-order valence-corrected chi connectivity index (χ0v) is 16.5. The van der Waals surface area contributed by atoms with Crippen molar-refractivity contribution in [1.82, 2.24) is 19.7 Å². The van der Waals surface area contributed by atoms with Crippen molar-refractivity contribution >= 4 is 22.7 Å². The summed E-state index contributed by atoms with van der Waals surface area (Å²) in [5.74, 6) is 2.19. The third-order valence-corrected chi connectivity index (χ3v) is 5.58. The van der Waals surface area contributed by atoms with E-state index in [4.69, 9.17) is 4.74 Å². The lowest BCUT2D eigenvalue weighted by atomic mass is 10.1. The van der Waals surface area contributed by atoms with Gasteiger partial charge >= 0.3 is 0 Å². The van der Waals surface area contributed by atoms with Gasteiger partial charge in [-0.15, -0.1) is 10.2 Å². The van der Waals surface area contributed by atoms with Gasteiger partial charge in [-0.05, 0) is 30.7 Å². The van der Waals surface area contributed by atoms with Gasteiger partial charge in [-0.1, -0.05) is 47.7 Å². The monoisotopic (exact) mass is 392 g/mol. The van der Waals surface area contributed by atoms with E-state index in [9.17, 15) is 4.79 Å². The van der Waals surface area contributed by atoms with E-state index in [1.54, 1.807) is 17.8 Å². The van der Waals surface area contributed by atoms with Crippen molar-refractivity contribution in [3.8, 4) is 5.75 Å². The first kappa shape index (κ1) is 18.3. The number of aromatic nitrogens is 4. The molecule has 0 spiro atoms. The maximum absolute atomic E-state index is 11.9. The zero-order valence-electron chi connectivity index (χ0n) is 15.7. The Hall–Kier alpha value is -3.06. The highest BCUT2D eigenvalue weighted by molar-refractivity contribution is 7.98. The van der Waals surface area contributed by atoms with Gasteiger partial charge in [-0.2, -0.15) is 0 Å². The van der Waals surface area contributed by atoms with E-state index < -0.39 is 0 Å². The molecule has 1 N–H and O–H groups in total. The molecule has 0 radical (unpaired) electrons. The van der Waals surface area contributed by atoms with Crippen molar-refractivity contribution < 1.29 is 4.74 Å². The fraction of sp³-hybridized carbons (Fsp3) is 0.190. The molecule has 0 aliphatic rings. The molecule has 2 heterocycles. The quantitative estimate of drug-likeness (QED) is 0.505. The molecular weight excluding hydrogens is 372 g/mol. The van der Waals surface area contributed by atoms with E-state index in [0.717, 1.165) is 33.2 Å². The van der Waals surface area contributed by atoms with Gasteiger partial charge in [-0.25, -0.2) is 0 Å². The molecule has 4 rings (SSSR count). The van der Waals surface area contributed by atoms with Crippen LogP contribution in [-0.2, 0) is 19.4 Å². The number of fused-ring (bicyclic) bond motifs is 1. The molecule has 0 aliphatic carbocycles. The normalized spacial score (nSPS) is 11.1. The fourth-order valence-corrected chi connectivity index (χ4v) is 3.84. The standard InChI is InChI=1S/C21H20N4O2S/c1-14-7-9-16(10-8-14)27-12-19-23-24-21(25(19)2)28-13-15-11-20(26)22-18-6-4-3-5-17(15)18/h3-11H,12-13H2,1-2H3,(H,22,26). The van der Waals surface area contributed by atoms with Gasteiger partial charge in [0.05, 0.1) is 0 Å². The fourth-order valence-electron chi connectivity index (χ4n) is 2.92. The van der Waals surface area contributed by atoms with Gasteiger partial charge < -0.3 is 14.3 Å². The Bertz CT molecular complexity index is 1170. The summed E-state index contributed by atoms with van der Waals surface area (Å²) >= 11 is 1.55. The van der Waals surface area contributed by atoms with Crippen molar-refractivity contribution in [2.45, 2.75) is 24.4 Å². The SMILES string of the molecule is Cc1ccc(OCc2nnc(SCc3cc(=O)[nH]c4ccccc34)n2C)cc1. The van der Waals surface area contributed by atoms with Gasteiger partial charge in [-0.3, -0.25) is 4.79 Å². The second-order valence-electron chi connectivity index (χ2n) is 6.55. The van der Waals surface area contributed by atoms with E-state index in [1.165, 1.54) is 5.56 Å². The first-order valence-corrected chi connectivity index (χ1v) is 9.90. The van der Waals surface area contributed by atoms with Crippen LogP contribution >= 0.6 is 11.8 Å². The molecule has 0 saturated carbocycles. The number of hydrogen-bond acceptors (Lipinski definition) is 5. The van der Waals surface area contributed by atoms with Crippen LogP contribution in [0.25, 0.3) is 10.9 Å². The van der Waals surface area contributed by atoms with Crippen LogP contribution in [0.3, 0.4) is 0 Å². The average Bonchev–Trinajstić information content (AvgIpc) is 3.05. The summed E-state index contributed by atoms with van der Waals surface area (Å²) in [5.41, 5.74) is 2.91. The minimum atomic E-state index is -0.0977. The Morgan fingerprint density at radius 1 is 1.11 bits per heavy atom. The Morgan fingerprint density at radius 3 is 2.71 bits per heavy atom. The highest BCUT2D eigenvalue weighted by Crippen LogP contribution is 2.25. The Kier molecular flexibility index (Phi) is 5.16. The molecule has 7 heteroatoms. The van der Waals surface area contributed by atoms with E-state index in [-0.39, 0.29) is 5.56 Å². The molecule has 0 fully saturated rings. The summed E-state index contributed by atoms with van der Waals surface area (Å²) in [6.45, 7) is 2.39. The molecule has 0 unspecified atom stereocenters. The van der Waals surface area contributed by atoms with Gasteiger partial charge in [0, 0.05) is 29.8 Å². The van der Waals surface area contributed by atoms with Crippen molar-refractivity contribution in [3.63, 3.8) is 0 Å². The highest BCUT2D eigenvalue weighted by Gasteiger charge is 2.11. The molecule has 0 aliphatic heterocycles. The number of nitrogens with zero attached hydrogens (tertiary/aromatic N) is 3. The zero-order chi connectivity index (χ0) is 19.5. The number of hydrogen-bond donors (Lipinski definition) is 1. The Labute approximate surface area is 166 Å². The average molecular weight is 392 g/mol. The summed E-state index contributed by atoms with van der Waals surface area (Å²) < 4.78 is 7.72. The molecule has 142 valence electrons. The van der Waals surface area contributed by atoms with Crippen molar-refractivity contribution in [1.29, 1.82) is 0 Å². The highest BCUT2D eigenvalue weighted by atomic mass is 32.2. The van der Waals surface area contributed by atoms with Crippen LogP contribution in [0.15, 0.2) is 64.5 Å². The van der Waals surface area contributed by atoms with Crippen LogP contribution in [0.1, 0.15) is 17.0 Å². The third-order valence-electron chi connectivity index (χ3n) is 4.51. The van der Waals surface area contributed by atoms with Crippen molar-refractivity contribution in [3.05, 3.63) is 81.9 Å². The van der Waals surface area contributed by atoms with Crippen molar-refractivity contribution in [2.24, 2.45) is 7.05 Å². The molecule has 0 bridgehead atoms. The van der Waals surface area contributed by atoms with Gasteiger partial charge in [0.25, 0.3) is 0 Å². The summed E-state index contributed by atoms with van der Waals surface area (Å²) in [6, 6.07) is 17.4. The maximum atomic E-state index is 11.9. The van der Waals surface area contributed by atoms with E-state index in [2.05, 4.69) is 15.2 Å². The second-order valence-corrected chi connectivity index (χ2v) is 7.50. The number of para-hydroxylation sites is 1. The predicted octanol–water partition coefficient (Wildman–Crippen LogP) is 3.84. The summed E-state index contributed by atoms with van der Waals surface area (Å²) in [4.78, 5) is 14.8. The van der Waals surface area contributed by atoms with E-state index in [1.807, 2.05) is 67.1 Å². The molecule has 0 saturated heterocycles. The molecule has 2 aromatic carbocycles. The molecule has 0 atom stereocenters. The minimum Gasteiger partial charge on any atom is -0.486 e. The summed E-state index contributed by atoms with van der Waals surface area (Å²) in [5, 5.41) is 10.3. The lowest BCUT2D eigenvalue weighted by molar-refractivity contribution is 0.290. The molecule has 2 aromatic heterocycles. The topological polar surface area (TPSA) is 72.8 Å². The second kappa shape index (κ2) is 7.90. The smallest absolute Gasteiger partial charge is 0.248 e. The number of pyridine rings is 1. The maximum Gasteiger partial charge on any atom is 0.248 e. The molecular formula is C21H20N4O2S. The predicted molar refractivity (Wildman–Crippen MR) is 111 cm³/mol. The molecule has 4 aromatic rings. The summed E-state index contributed by atoms with van der Waals surface area (Å²) in [6.07, 6.45) is 0. The van der Waals surface area contributed by atoms with Crippen LogP contribution in [0, 0.1) is 6.92 Å². The number of rotatable bonds is 6. The number of thioether (sulfide) groups is 1. The van der Waals surface area contributed by atoms with E-state index in [0.29, 0.717) is 12.4 Å². The third kappa shape index (κ3) is 3.94. The first-order chi connectivity index (χ1) is 13.6. The van der Waals surface area contributed by atoms with Crippen molar-refractivity contribution in [2.75, 3.05) is 0 Å². The van der Waals surface area contributed by atoms with Gasteiger partial charge in [0.15, 0.2) is 11.0 Å². The number of benzene rings is 2. The number of nitrogens with one attached hydrogen (secondary N) is 1. The van der Waals surface area contributed by atoms with Crippen LogP contribution in [0.5, 0.6) is 5.75 Å². The largest absolute Gasteiger partial charge is 0.486 e. The van der Waals surface area contributed by atoms with Crippen LogP contribution < -0.4 is 10.3 Å². The number of H-pyrrole nitrogens is 1.